The summed E-state index contributed by atoms with van der Waals surface area (Å²) in [5, 5.41) is 0. The monoisotopic (exact) mass is 206 g/mol. The number of aldehydes is 1. The van der Waals surface area contributed by atoms with Crippen LogP contribution < -0.4 is 4.74 Å². The van der Waals surface area contributed by atoms with Crippen LogP contribution in [0, 0.1) is 11.8 Å². The highest BCUT2D eigenvalue weighted by Gasteiger charge is 2.00. The van der Waals surface area contributed by atoms with Gasteiger partial charge in [0.05, 0.1) is 12.9 Å². The van der Waals surface area contributed by atoms with Crippen LogP contribution in [0.2, 0.25) is 0 Å². The van der Waals surface area contributed by atoms with E-state index in [1.807, 2.05) is 0 Å². The standard InChI is InChI=1S/C11H10O2S/c1-13-11-5-4-10(8-12)9(7-11)3-2-6-14/h4-5,7-8,14H,6H2,1H3. The minimum atomic E-state index is 0.468. The topological polar surface area (TPSA) is 26.3 Å². The van der Waals surface area contributed by atoms with Crippen LogP contribution in [-0.4, -0.2) is 19.1 Å². The molecule has 0 radical (unpaired) electrons. The molecule has 0 aliphatic carbocycles. The molecular weight excluding hydrogens is 196 g/mol. The summed E-state index contributed by atoms with van der Waals surface area (Å²) in [5.74, 6) is 6.80. The van der Waals surface area contributed by atoms with Gasteiger partial charge in [-0.2, -0.15) is 12.6 Å². The van der Waals surface area contributed by atoms with E-state index in [1.165, 1.54) is 0 Å². The van der Waals surface area contributed by atoms with Crippen LogP contribution in [0.3, 0.4) is 0 Å². The lowest BCUT2D eigenvalue weighted by Crippen LogP contribution is -1.90. The number of carbonyl (C=O) groups excluding carboxylic acids is 1. The van der Waals surface area contributed by atoms with E-state index in [1.54, 1.807) is 25.3 Å². The van der Waals surface area contributed by atoms with Gasteiger partial charge < -0.3 is 4.74 Å². The van der Waals surface area contributed by atoms with Crippen molar-refractivity contribution in [2.45, 2.75) is 0 Å². The van der Waals surface area contributed by atoms with Crippen molar-refractivity contribution in [2.24, 2.45) is 0 Å². The molecule has 0 fully saturated rings. The number of carbonyl (C=O) groups is 1. The number of ether oxygens (including phenoxy) is 1. The number of rotatable bonds is 2. The fourth-order valence-electron chi connectivity index (χ4n) is 1.01. The van der Waals surface area contributed by atoms with Gasteiger partial charge in [0, 0.05) is 11.1 Å². The van der Waals surface area contributed by atoms with Crippen LogP contribution >= 0.6 is 12.6 Å². The van der Waals surface area contributed by atoms with Crippen molar-refractivity contribution < 1.29 is 9.53 Å². The van der Waals surface area contributed by atoms with Crippen molar-refractivity contribution in [1.82, 2.24) is 0 Å². The third kappa shape index (κ3) is 2.54. The molecule has 0 saturated carbocycles. The SMILES string of the molecule is COc1ccc(C=O)c(C#CCS)c1. The molecule has 2 nitrogen and oxygen atoms in total. The molecule has 0 amide bonds. The molecule has 0 unspecified atom stereocenters. The highest BCUT2D eigenvalue weighted by Crippen LogP contribution is 2.15. The van der Waals surface area contributed by atoms with Crippen LogP contribution in [0.4, 0.5) is 0 Å². The maximum atomic E-state index is 10.7. The van der Waals surface area contributed by atoms with Crippen LogP contribution in [0.1, 0.15) is 15.9 Å². The van der Waals surface area contributed by atoms with Gasteiger partial charge in [-0.05, 0) is 18.2 Å². The molecule has 0 bridgehead atoms. The van der Waals surface area contributed by atoms with Crippen molar-refractivity contribution in [1.29, 1.82) is 0 Å². The quantitative estimate of drug-likeness (QED) is 0.453. The van der Waals surface area contributed by atoms with Gasteiger partial charge in [-0.25, -0.2) is 0 Å². The van der Waals surface area contributed by atoms with Gasteiger partial charge >= 0.3 is 0 Å². The van der Waals surface area contributed by atoms with E-state index >= 15 is 0 Å². The van der Waals surface area contributed by atoms with Gasteiger partial charge in [0.2, 0.25) is 0 Å². The Balaban J connectivity index is 3.14. The maximum Gasteiger partial charge on any atom is 0.151 e. The van der Waals surface area contributed by atoms with E-state index in [0.717, 1.165) is 6.29 Å². The summed E-state index contributed by atoms with van der Waals surface area (Å²) in [6, 6.07) is 5.16. The Hall–Kier alpha value is -1.40. The van der Waals surface area contributed by atoms with Crippen molar-refractivity contribution in [3.8, 4) is 17.6 Å². The summed E-state index contributed by atoms with van der Waals surface area (Å²) in [4.78, 5) is 10.7. The second-order valence-electron chi connectivity index (χ2n) is 2.53. The molecule has 0 aliphatic heterocycles. The summed E-state index contributed by atoms with van der Waals surface area (Å²) < 4.78 is 5.03. The van der Waals surface area contributed by atoms with Gasteiger partial charge in [-0.1, -0.05) is 11.8 Å². The maximum absolute atomic E-state index is 10.7. The van der Waals surface area contributed by atoms with Crippen LogP contribution in [0.15, 0.2) is 18.2 Å². The first-order valence-corrected chi connectivity index (χ1v) is 4.68. The van der Waals surface area contributed by atoms with E-state index in [4.69, 9.17) is 4.74 Å². The molecule has 0 atom stereocenters. The fraction of sp³-hybridized carbons (Fsp3) is 0.182. The van der Waals surface area contributed by atoms with Crippen molar-refractivity contribution >= 4 is 18.9 Å². The average Bonchev–Trinajstić information content (AvgIpc) is 2.25. The molecule has 0 N–H and O–H groups in total. The van der Waals surface area contributed by atoms with Crippen LogP contribution in [0.25, 0.3) is 0 Å². The zero-order valence-corrected chi connectivity index (χ0v) is 8.67. The molecule has 0 spiro atoms. The minimum absolute atomic E-state index is 0.468. The summed E-state index contributed by atoms with van der Waals surface area (Å²) in [6.45, 7) is 0. The number of methoxy groups -OCH3 is 1. The number of thiol groups is 1. The molecule has 0 saturated heterocycles. The van der Waals surface area contributed by atoms with Crippen LogP contribution in [-0.2, 0) is 0 Å². The molecule has 0 aromatic heterocycles. The molecular formula is C11H10O2S. The van der Waals surface area contributed by atoms with Crippen molar-refractivity contribution in [2.75, 3.05) is 12.9 Å². The zero-order chi connectivity index (χ0) is 10.4. The summed E-state index contributed by atoms with van der Waals surface area (Å²) >= 11 is 3.97. The molecule has 0 aliphatic rings. The Labute approximate surface area is 88.7 Å². The lowest BCUT2D eigenvalue weighted by Gasteiger charge is -2.01. The van der Waals surface area contributed by atoms with E-state index < -0.39 is 0 Å². The van der Waals surface area contributed by atoms with Crippen molar-refractivity contribution in [3.05, 3.63) is 29.3 Å². The summed E-state index contributed by atoms with van der Waals surface area (Å²) in [7, 11) is 1.58. The average molecular weight is 206 g/mol. The number of benzene rings is 1. The Morgan fingerprint density at radius 2 is 2.36 bits per heavy atom. The van der Waals surface area contributed by atoms with Gasteiger partial charge in [0.1, 0.15) is 5.75 Å². The summed E-state index contributed by atoms with van der Waals surface area (Å²) in [6.07, 6.45) is 0.780. The van der Waals surface area contributed by atoms with Crippen molar-refractivity contribution in [3.63, 3.8) is 0 Å². The molecule has 72 valence electrons. The molecule has 1 aromatic carbocycles. The van der Waals surface area contributed by atoms with E-state index in [9.17, 15) is 4.79 Å². The van der Waals surface area contributed by atoms with E-state index in [-0.39, 0.29) is 0 Å². The first kappa shape index (κ1) is 10.7. The largest absolute Gasteiger partial charge is 0.497 e. The smallest absolute Gasteiger partial charge is 0.151 e. The highest BCUT2D eigenvalue weighted by atomic mass is 32.1. The predicted octanol–water partition coefficient (Wildman–Crippen LogP) is 1.79. The second kappa shape index (κ2) is 5.36. The minimum Gasteiger partial charge on any atom is -0.497 e. The predicted molar refractivity (Wildman–Crippen MR) is 59.1 cm³/mol. The molecule has 14 heavy (non-hydrogen) atoms. The highest BCUT2D eigenvalue weighted by molar-refractivity contribution is 7.80. The van der Waals surface area contributed by atoms with Gasteiger partial charge in [-0.3, -0.25) is 4.79 Å². The Morgan fingerprint density at radius 3 is 2.93 bits per heavy atom. The number of hydrogen-bond donors (Lipinski definition) is 1. The Kier molecular flexibility index (Phi) is 4.09. The summed E-state index contributed by atoms with van der Waals surface area (Å²) in [5.41, 5.74) is 1.24. The third-order valence-corrected chi connectivity index (χ3v) is 1.85. The van der Waals surface area contributed by atoms with Gasteiger partial charge in [0.15, 0.2) is 6.29 Å². The lowest BCUT2D eigenvalue weighted by atomic mass is 10.1. The van der Waals surface area contributed by atoms with Gasteiger partial charge in [0.25, 0.3) is 0 Å². The Morgan fingerprint density at radius 1 is 1.57 bits per heavy atom. The fourth-order valence-corrected chi connectivity index (χ4v) is 1.09. The first-order valence-electron chi connectivity index (χ1n) is 4.04. The van der Waals surface area contributed by atoms with E-state index in [0.29, 0.717) is 22.6 Å². The lowest BCUT2D eigenvalue weighted by molar-refractivity contribution is 0.112. The molecule has 0 heterocycles. The second-order valence-corrected chi connectivity index (χ2v) is 2.85. The third-order valence-electron chi connectivity index (χ3n) is 1.69. The van der Waals surface area contributed by atoms with Crippen LogP contribution in [0.5, 0.6) is 5.75 Å². The molecule has 1 aromatic rings. The Bertz CT molecular complexity index is 388. The first-order chi connectivity index (χ1) is 6.81. The van der Waals surface area contributed by atoms with Gasteiger partial charge in [-0.15, -0.1) is 0 Å². The van der Waals surface area contributed by atoms with E-state index in [2.05, 4.69) is 24.5 Å². The zero-order valence-electron chi connectivity index (χ0n) is 7.78. The molecule has 3 heteroatoms. The molecule has 1 rings (SSSR count). The normalized spacial score (nSPS) is 8.71. The number of hydrogen-bond acceptors (Lipinski definition) is 3.